The summed E-state index contributed by atoms with van der Waals surface area (Å²) in [6, 6.07) is 4.37. The third-order valence-electron chi connectivity index (χ3n) is 1.47. The average Bonchev–Trinajstić information content (AvgIpc) is 1.94. The highest BCUT2D eigenvalue weighted by atomic mass is 35.5. The number of benzene rings is 1. The second-order valence-electron chi connectivity index (χ2n) is 2.62. The Bertz CT molecular complexity index is 256. The minimum absolute atomic E-state index is 0.245. The fourth-order valence-electron chi connectivity index (χ4n) is 0.881. The Kier molecular flexibility index (Phi) is 2.50. The number of hydrogen-bond donors (Lipinski definition) is 0. The Balaban J connectivity index is 3.13. The topological polar surface area (TPSA) is 0 Å². The summed E-state index contributed by atoms with van der Waals surface area (Å²) in [5.74, 6) is 0.778. The quantitative estimate of drug-likeness (QED) is 0.607. The van der Waals surface area contributed by atoms with Gasteiger partial charge in [0.05, 0.1) is 0 Å². The molecule has 0 N–H and O–H groups in total. The second kappa shape index (κ2) is 3.22. The predicted octanol–water partition coefficient (Wildman–Crippen LogP) is 3.44. The highest BCUT2D eigenvalue weighted by Gasteiger charge is 2.05. The fourth-order valence-corrected chi connectivity index (χ4v) is 1.19. The first-order valence-electron chi connectivity index (χ1n) is 3.37. The van der Waals surface area contributed by atoms with Gasteiger partial charge >= 0.3 is 0 Å². The van der Waals surface area contributed by atoms with E-state index in [0.29, 0.717) is 5.02 Å². The van der Waals surface area contributed by atoms with Crippen LogP contribution in [0.1, 0.15) is 19.4 Å². The third kappa shape index (κ3) is 1.93. The maximum atomic E-state index is 12.6. The Hall–Kier alpha value is -0.560. The molecule has 0 aliphatic carbocycles. The second-order valence-corrected chi connectivity index (χ2v) is 3.03. The van der Waals surface area contributed by atoms with Crippen LogP contribution in [0.25, 0.3) is 0 Å². The minimum atomic E-state index is -0.245. The Labute approximate surface area is 71.0 Å². The first-order valence-corrected chi connectivity index (χ1v) is 3.74. The van der Waals surface area contributed by atoms with Gasteiger partial charge in [-0.1, -0.05) is 25.4 Å². The zero-order valence-corrected chi connectivity index (χ0v) is 7.24. The van der Waals surface area contributed by atoms with Crippen molar-refractivity contribution in [2.45, 2.75) is 13.8 Å². The van der Waals surface area contributed by atoms with Crippen LogP contribution in [0.3, 0.4) is 0 Å². The van der Waals surface area contributed by atoms with Gasteiger partial charge in [-0.3, -0.25) is 0 Å². The summed E-state index contributed by atoms with van der Waals surface area (Å²) in [4.78, 5) is 0. The van der Waals surface area contributed by atoms with Gasteiger partial charge in [-0.25, -0.2) is 4.39 Å². The van der Waals surface area contributed by atoms with Crippen LogP contribution in [-0.4, -0.2) is 0 Å². The van der Waals surface area contributed by atoms with E-state index in [2.05, 4.69) is 0 Å². The van der Waals surface area contributed by atoms with Crippen molar-refractivity contribution in [3.8, 4) is 0 Å². The van der Waals surface area contributed by atoms with Crippen LogP contribution in [0.5, 0.6) is 0 Å². The molecule has 59 valence electrons. The fraction of sp³-hybridized carbons (Fsp3) is 0.222. The normalized spacial score (nSPS) is 10.6. The largest absolute Gasteiger partial charge is 0.207 e. The number of hydrogen-bond acceptors (Lipinski definition) is 0. The van der Waals surface area contributed by atoms with E-state index in [-0.39, 0.29) is 5.82 Å². The Morgan fingerprint density at radius 2 is 2.00 bits per heavy atom. The lowest BCUT2D eigenvalue weighted by molar-refractivity contribution is 0.626. The molecule has 2 heteroatoms. The maximum Gasteiger partial charge on any atom is 0.123 e. The molecular formula is C9H9ClF. The van der Waals surface area contributed by atoms with Gasteiger partial charge in [0.15, 0.2) is 0 Å². The molecule has 0 aliphatic rings. The Morgan fingerprint density at radius 3 is 2.45 bits per heavy atom. The maximum absolute atomic E-state index is 12.6. The van der Waals surface area contributed by atoms with E-state index in [1.165, 1.54) is 12.1 Å². The molecule has 11 heavy (non-hydrogen) atoms. The van der Waals surface area contributed by atoms with E-state index in [0.717, 1.165) is 11.5 Å². The molecule has 0 amide bonds. The molecule has 0 aromatic heterocycles. The molecule has 0 spiro atoms. The lowest BCUT2D eigenvalue weighted by atomic mass is 10.0. The molecule has 0 atom stereocenters. The van der Waals surface area contributed by atoms with Crippen molar-refractivity contribution in [1.29, 1.82) is 0 Å². The standard InChI is InChI=1S/C9H9ClF/c1-6(2)8-5-7(11)3-4-9(8)10/h3-5H,1-2H3. The molecule has 0 heterocycles. The lowest BCUT2D eigenvalue weighted by Crippen LogP contribution is -1.90. The molecule has 0 saturated heterocycles. The van der Waals surface area contributed by atoms with E-state index in [1.807, 2.05) is 13.8 Å². The van der Waals surface area contributed by atoms with Gasteiger partial charge in [0, 0.05) is 10.9 Å². The summed E-state index contributed by atoms with van der Waals surface area (Å²) < 4.78 is 12.6. The van der Waals surface area contributed by atoms with Gasteiger partial charge in [-0.2, -0.15) is 0 Å². The van der Waals surface area contributed by atoms with Crippen LogP contribution in [-0.2, 0) is 0 Å². The van der Waals surface area contributed by atoms with E-state index >= 15 is 0 Å². The van der Waals surface area contributed by atoms with Crippen molar-refractivity contribution in [2.75, 3.05) is 0 Å². The van der Waals surface area contributed by atoms with Crippen molar-refractivity contribution in [2.24, 2.45) is 0 Å². The molecule has 1 aromatic rings. The lowest BCUT2D eigenvalue weighted by Gasteiger charge is -2.06. The highest BCUT2D eigenvalue weighted by Crippen LogP contribution is 2.23. The summed E-state index contributed by atoms with van der Waals surface area (Å²) in [5.41, 5.74) is 0.784. The van der Waals surface area contributed by atoms with E-state index in [1.54, 1.807) is 6.07 Å². The summed E-state index contributed by atoms with van der Waals surface area (Å²) in [7, 11) is 0. The van der Waals surface area contributed by atoms with Crippen LogP contribution < -0.4 is 0 Å². The van der Waals surface area contributed by atoms with Crippen LogP contribution in [0.15, 0.2) is 18.2 Å². The summed E-state index contributed by atoms with van der Waals surface area (Å²) >= 11 is 5.80. The highest BCUT2D eigenvalue weighted by molar-refractivity contribution is 6.31. The van der Waals surface area contributed by atoms with Crippen LogP contribution >= 0.6 is 11.6 Å². The van der Waals surface area contributed by atoms with Crippen molar-refractivity contribution in [1.82, 2.24) is 0 Å². The van der Waals surface area contributed by atoms with Crippen molar-refractivity contribution < 1.29 is 4.39 Å². The predicted molar refractivity (Wildman–Crippen MR) is 45.1 cm³/mol. The van der Waals surface area contributed by atoms with Gasteiger partial charge in [-0.05, 0) is 23.8 Å². The number of halogens is 2. The third-order valence-corrected chi connectivity index (χ3v) is 1.80. The molecule has 1 rings (SSSR count). The van der Waals surface area contributed by atoms with E-state index in [4.69, 9.17) is 11.6 Å². The van der Waals surface area contributed by atoms with E-state index < -0.39 is 0 Å². The average molecular weight is 172 g/mol. The van der Waals surface area contributed by atoms with Gasteiger partial charge in [0.1, 0.15) is 5.82 Å². The minimum Gasteiger partial charge on any atom is -0.207 e. The summed E-state index contributed by atoms with van der Waals surface area (Å²) in [6.45, 7) is 3.81. The van der Waals surface area contributed by atoms with Crippen LogP contribution in [0.2, 0.25) is 5.02 Å². The Morgan fingerprint density at radius 1 is 1.36 bits per heavy atom. The number of rotatable bonds is 1. The summed E-state index contributed by atoms with van der Waals surface area (Å²) in [6.07, 6.45) is 0. The SMILES string of the molecule is C[C](C)c1cc(F)ccc1Cl. The van der Waals surface area contributed by atoms with E-state index in [9.17, 15) is 4.39 Å². The molecule has 1 aromatic carbocycles. The van der Waals surface area contributed by atoms with Gasteiger partial charge < -0.3 is 0 Å². The van der Waals surface area contributed by atoms with Crippen molar-refractivity contribution in [3.63, 3.8) is 0 Å². The molecule has 0 aliphatic heterocycles. The smallest absolute Gasteiger partial charge is 0.123 e. The molecule has 0 saturated carbocycles. The van der Waals surface area contributed by atoms with Crippen LogP contribution in [0, 0.1) is 11.7 Å². The zero-order chi connectivity index (χ0) is 8.43. The molecule has 0 fully saturated rings. The monoisotopic (exact) mass is 171 g/mol. The molecule has 0 unspecified atom stereocenters. The van der Waals surface area contributed by atoms with Crippen LogP contribution in [0.4, 0.5) is 4.39 Å². The van der Waals surface area contributed by atoms with Crippen molar-refractivity contribution >= 4 is 11.6 Å². The summed E-state index contributed by atoms with van der Waals surface area (Å²) in [5, 5.41) is 0.603. The molecule has 1 radical (unpaired) electrons. The van der Waals surface area contributed by atoms with Gasteiger partial charge in [0.25, 0.3) is 0 Å². The first kappa shape index (κ1) is 8.54. The molecule has 0 bridgehead atoms. The molecule has 0 nitrogen and oxygen atoms in total. The van der Waals surface area contributed by atoms with Crippen molar-refractivity contribution in [3.05, 3.63) is 40.5 Å². The molecular weight excluding hydrogens is 163 g/mol. The zero-order valence-electron chi connectivity index (χ0n) is 6.49. The van der Waals surface area contributed by atoms with Gasteiger partial charge in [0.2, 0.25) is 0 Å². The first-order chi connectivity index (χ1) is 5.11. The van der Waals surface area contributed by atoms with Gasteiger partial charge in [-0.15, -0.1) is 0 Å².